The minimum Gasteiger partial charge on any atom is -0.493 e. The fraction of sp³-hybridized carbons (Fsp3) is 0.190. The zero-order chi connectivity index (χ0) is 22.2. The molecular formula is C21H18F2N2O5S. The van der Waals surface area contributed by atoms with Crippen molar-refractivity contribution in [3.05, 3.63) is 60.2 Å². The van der Waals surface area contributed by atoms with Crippen LogP contribution in [0, 0.1) is 0 Å². The van der Waals surface area contributed by atoms with Gasteiger partial charge in [-0.05, 0) is 35.2 Å². The molecule has 162 valence electrons. The van der Waals surface area contributed by atoms with Gasteiger partial charge in [-0.1, -0.05) is 30.3 Å². The van der Waals surface area contributed by atoms with E-state index in [-0.39, 0.29) is 29.5 Å². The zero-order valence-electron chi connectivity index (χ0n) is 16.3. The van der Waals surface area contributed by atoms with Crippen LogP contribution in [0.25, 0.3) is 10.8 Å². The first-order valence-corrected chi connectivity index (χ1v) is 10.7. The van der Waals surface area contributed by atoms with Crippen LogP contribution in [-0.2, 0) is 21.4 Å². The van der Waals surface area contributed by atoms with Crippen molar-refractivity contribution < 1.29 is 31.5 Å². The first-order valence-electron chi connectivity index (χ1n) is 9.24. The van der Waals surface area contributed by atoms with Gasteiger partial charge in [0, 0.05) is 11.9 Å². The summed E-state index contributed by atoms with van der Waals surface area (Å²) in [4.78, 5) is 12.7. The Morgan fingerprint density at radius 2 is 1.84 bits per heavy atom. The molecule has 1 heterocycles. The Hall–Kier alpha value is -3.40. The highest BCUT2D eigenvalue weighted by atomic mass is 32.2. The highest BCUT2D eigenvalue weighted by molar-refractivity contribution is 7.93. The summed E-state index contributed by atoms with van der Waals surface area (Å²) in [6.07, 6.45) is 0. The van der Waals surface area contributed by atoms with Crippen molar-refractivity contribution in [1.29, 1.82) is 0 Å². The number of alkyl halides is 2. The third kappa shape index (κ3) is 3.86. The van der Waals surface area contributed by atoms with Crippen molar-refractivity contribution in [1.82, 2.24) is 5.32 Å². The number of carbonyl (C=O) groups excluding carboxylic acids is 1. The van der Waals surface area contributed by atoms with E-state index in [4.69, 9.17) is 4.74 Å². The molecule has 10 heteroatoms. The van der Waals surface area contributed by atoms with Crippen LogP contribution in [0.15, 0.2) is 59.5 Å². The number of methoxy groups -OCH3 is 1. The van der Waals surface area contributed by atoms with Gasteiger partial charge in [0.1, 0.15) is 6.54 Å². The van der Waals surface area contributed by atoms with Gasteiger partial charge >= 0.3 is 6.61 Å². The molecule has 0 bridgehead atoms. The third-order valence-electron chi connectivity index (χ3n) is 4.90. The Bertz CT molecular complexity index is 1260. The number of hydrogen-bond acceptors (Lipinski definition) is 5. The number of carbonyl (C=O) groups is 1. The fourth-order valence-electron chi connectivity index (χ4n) is 3.53. The van der Waals surface area contributed by atoms with Gasteiger partial charge in [-0.3, -0.25) is 9.10 Å². The Morgan fingerprint density at radius 3 is 2.55 bits per heavy atom. The van der Waals surface area contributed by atoms with Crippen molar-refractivity contribution in [2.45, 2.75) is 18.1 Å². The fourth-order valence-corrected chi connectivity index (χ4v) is 5.20. The first-order chi connectivity index (χ1) is 14.8. The van der Waals surface area contributed by atoms with Gasteiger partial charge in [-0.15, -0.1) is 0 Å². The van der Waals surface area contributed by atoms with E-state index in [0.29, 0.717) is 16.6 Å². The molecule has 1 aliphatic rings. The predicted octanol–water partition coefficient (Wildman–Crippen LogP) is 3.27. The Morgan fingerprint density at radius 1 is 1.10 bits per heavy atom. The highest BCUT2D eigenvalue weighted by Crippen LogP contribution is 2.41. The minimum absolute atomic E-state index is 0.0508. The smallest absolute Gasteiger partial charge is 0.387 e. The molecule has 4 rings (SSSR count). The maximum atomic E-state index is 12.9. The molecule has 7 nitrogen and oxygen atoms in total. The number of amides is 1. The normalized spacial score (nSPS) is 14.1. The topological polar surface area (TPSA) is 84.9 Å². The first kappa shape index (κ1) is 20.9. The van der Waals surface area contributed by atoms with Crippen molar-refractivity contribution in [3.8, 4) is 11.5 Å². The summed E-state index contributed by atoms with van der Waals surface area (Å²) in [6, 6.07) is 14.5. The van der Waals surface area contributed by atoms with Gasteiger partial charge in [0.05, 0.1) is 17.7 Å². The summed E-state index contributed by atoms with van der Waals surface area (Å²) in [5, 5.41) is 4.02. The van der Waals surface area contributed by atoms with Crippen LogP contribution < -0.4 is 19.1 Å². The van der Waals surface area contributed by atoms with Crippen molar-refractivity contribution >= 4 is 32.4 Å². The lowest BCUT2D eigenvalue weighted by Gasteiger charge is -2.18. The molecule has 0 saturated heterocycles. The van der Waals surface area contributed by atoms with Crippen LogP contribution in [0.2, 0.25) is 0 Å². The summed E-state index contributed by atoms with van der Waals surface area (Å²) in [5.41, 5.74) is 1.03. The molecule has 31 heavy (non-hydrogen) atoms. The number of nitrogens with one attached hydrogen (secondary N) is 1. The molecule has 0 aromatic heterocycles. The molecule has 1 amide bonds. The van der Waals surface area contributed by atoms with Crippen LogP contribution in [0.5, 0.6) is 11.5 Å². The maximum absolute atomic E-state index is 12.9. The average Bonchev–Trinajstić information content (AvgIpc) is 2.96. The monoisotopic (exact) mass is 448 g/mol. The van der Waals surface area contributed by atoms with Gasteiger partial charge in [-0.25, -0.2) is 8.42 Å². The van der Waals surface area contributed by atoms with Crippen molar-refractivity contribution in [2.24, 2.45) is 0 Å². The van der Waals surface area contributed by atoms with Crippen LogP contribution >= 0.6 is 0 Å². The van der Waals surface area contributed by atoms with E-state index in [0.717, 1.165) is 9.69 Å². The summed E-state index contributed by atoms with van der Waals surface area (Å²) >= 11 is 0. The van der Waals surface area contributed by atoms with E-state index in [2.05, 4.69) is 10.1 Å². The summed E-state index contributed by atoms with van der Waals surface area (Å²) in [6.45, 7) is -3.33. The van der Waals surface area contributed by atoms with E-state index in [1.54, 1.807) is 18.2 Å². The highest BCUT2D eigenvalue weighted by Gasteiger charge is 2.36. The Labute approximate surface area is 177 Å². The molecule has 0 atom stereocenters. The second kappa shape index (κ2) is 8.03. The number of ether oxygens (including phenoxy) is 2. The molecule has 3 aromatic rings. The van der Waals surface area contributed by atoms with Crippen LogP contribution in [-0.4, -0.2) is 34.6 Å². The number of nitrogens with zero attached hydrogens (tertiary/aromatic N) is 1. The van der Waals surface area contributed by atoms with Crippen molar-refractivity contribution in [2.75, 3.05) is 18.0 Å². The number of halogens is 2. The molecule has 1 aliphatic heterocycles. The molecule has 0 aliphatic carbocycles. The van der Waals surface area contributed by atoms with Gasteiger partial charge in [0.2, 0.25) is 5.91 Å². The lowest BCUT2D eigenvalue weighted by Crippen LogP contribution is -2.38. The van der Waals surface area contributed by atoms with Crippen LogP contribution in [0.3, 0.4) is 0 Å². The molecule has 0 radical (unpaired) electrons. The lowest BCUT2D eigenvalue weighted by molar-refractivity contribution is -0.119. The van der Waals surface area contributed by atoms with E-state index < -0.39 is 22.5 Å². The molecule has 0 unspecified atom stereocenters. The predicted molar refractivity (Wildman–Crippen MR) is 110 cm³/mol. The SMILES string of the molecule is COc1cc(CNC(=O)CN2c3cccc4cccc(c34)S2(=O)=O)ccc1OC(F)F. The molecule has 0 fully saturated rings. The third-order valence-corrected chi connectivity index (χ3v) is 6.70. The second-order valence-corrected chi connectivity index (χ2v) is 8.61. The summed E-state index contributed by atoms with van der Waals surface area (Å²) in [5.74, 6) is -0.543. The van der Waals surface area contributed by atoms with E-state index in [1.165, 1.54) is 31.4 Å². The summed E-state index contributed by atoms with van der Waals surface area (Å²) in [7, 11) is -2.53. The molecule has 3 aromatic carbocycles. The Kier molecular flexibility index (Phi) is 5.40. The van der Waals surface area contributed by atoms with E-state index >= 15 is 0 Å². The standard InChI is InChI=1S/C21H18F2N2O5S/c1-29-17-10-13(8-9-16(17)30-21(22)23)11-24-19(26)12-25-15-6-2-4-14-5-3-7-18(20(14)15)31(25,27)28/h2-10,21H,11-12H2,1H3,(H,24,26). The lowest BCUT2D eigenvalue weighted by atomic mass is 10.1. The molecule has 0 spiro atoms. The second-order valence-electron chi connectivity index (χ2n) is 6.78. The molecule has 1 N–H and O–H groups in total. The van der Waals surface area contributed by atoms with Crippen molar-refractivity contribution in [3.63, 3.8) is 0 Å². The maximum Gasteiger partial charge on any atom is 0.387 e. The number of anilines is 1. The Balaban J connectivity index is 1.48. The van der Waals surface area contributed by atoms with Crippen LogP contribution in [0.1, 0.15) is 5.56 Å². The van der Waals surface area contributed by atoms with Gasteiger partial charge in [-0.2, -0.15) is 8.78 Å². The molecule has 0 saturated carbocycles. The van der Waals surface area contributed by atoms with Crippen LogP contribution in [0.4, 0.5) is 14.5 Å². The summed E-state index contributed by atoms with van der Waals surface area (Å²) < 4.78 is 61.2. The minimum atomic E-state index is -3.84. The number of rotatable bonds is 7. The van der Waals surface area contributed by atoms with Gasteiger partial charge in [0.25, 0.3) is 10.0 Å². The largest absolute Gasteiger partial charge is 0.493 e. The zero-order valence-corrected chi connectivity index (χ0v) is 17.2. The average molecular weight is 448 g/mol. The van der Waals surface area contributed by atoms with E-state index in [1.807, 2.05) is 12.1 Å². The quantitative estimate of drug-likeness (QED) is 0.600. The number of benzene rings is 3. The van der Waals surface area contributed by atoms with Gasteiger partial charge in [0.15, 0.2) is 11.5 Å². The number of sulfonamides is 1. The number of hydrogen-bond donors (Lipinski definition) is 1. The van der Waals surface area contributed by atoms with Gasteiger partial charge < -0.3 is 14.8 Å². The van der Waals surface area contributed by atoms with E-state index in [9.17, 15) is 22.0 Å². The molecular weight excluding hydrogens is 430 g/mol.